The maximum Gasteiger partial charge on any atom is 0.243 e. The maximum absolute atomic E-state index is 12.7. The average Bonchev–Trinajstić information content (AvgIpc) is 2.41. The molecule has 0 aliphatic carbocycles. The van der Waals surface area contributed by atoms with Gasteiger partial charge < -0.3 is 5.32 Å². The van der Waals surface area contributed by atoms with Crippen LogP contribution in [-0.2, 0) is 16.6 Å². The summed E-state index contributed by atoms with van der Waals surface area (Å²) in [5.41, 5.74) is 0.800. The zero-order valence-corrected chi connectivity index (χ0v) is 14.0. The van der Waals surface area contributed by atoms with E-state index in [9.17, 15) is 8.42 Å². The number of nitrogens with one attached hydrogen (secondary N) is 1. The SMILES string of the molecule is CNCc1cc(S(=O)(=O)N2CCSCC2C)ccc1Cl. The Morgan fingerprint density at radius 3 is 2.90 bits per heavy atom. The lowest BCUT2D eigenvalue weighted by Crippen LogP contribution is -2.44. The van der Waals surface area contributed by atoms with Crippen LogP contribution in [0.15, 0.2) is 23.1 Å². The van der Waals surface area contributed by atoms with Gasteiger partial charge in [-0.05, 0) is 37.7 Å². The van der Waals surface area contributed by atoms with E-state index in [4.69, 9.17) is 11.6 Å². The second-order valence-electron chi connectivity index (χ2n) is 4.82. The van der Waals surface area contributed by atoms with E-state index in [0.717, 1.165) is 17.1 Å². The highest BCUT2D eigenvalue weighted by molar-refractivity contribution is 7.99. The van der Waals surface area contributed by atoms with Gasteiger partial charge in [0.1, 0.15) is 0 Å². The molecule has 4 nitrogen and oxygen atoms in total. The molecular weight excluding hydrogens is 316 g/mol. The Labute approximate surface area is 129 Å². The van der Waals surface area contributed by atoms with Crippen LogP contribution in [0.1, 0.15) is 12.5 Å². The van der Waals surface area contributed by atoms with Crippen LogP contribution in [0.5, 0.6) is 0 Å². The molecule has 0 spiro atoms. The van der Waals surface area contributed by atoms with Crippen LogP contribution >= 0.6 is 23.4 Å². The topological polar surface area (TPSA) is 49.4 Å². The van der Waals surface area contributed by atoms with Crippen molar-refractivity contribution in [1.29, 1.82) is 0 Å². The number of rotatable bonds is 4. The van der Waals surface area contributed by atoms with Gasteiger partial charge in [-0.15, -0.1) is 0 Å². The van der Waals surface area contributed by atoms with Gasteiger partial charge in [0.2, 0.25) is 10.0 Å². The van der Waals surface area contributed by atoms with Crippen LogP contribution in [0.3, 0.4) is 0 Å². The van der Waals surface area contributed by atoms with Gasteiger partial charge in [0, 0.05) is 35.7 Å². The van der Waals surface area contributed by atoms with E-state index in [2.05, 4.69) is 5.32 Å². The molecule has 2 rings (SSSR count). The fraction of sp³-hybridized carbons (Fsp3) is 0.538. The number of sulfonamides is 1. The largest absolute Gasteiger partial charge is 0.316 e. The second-order valence-corrected chi connectivity index (χ2v) is 8.27. The number of benzene rings is 1. The van der Waals surface area contributed by atoms with E-state index in [1.54, 1.807) is 41.3 Å². The summed E-state index contributed by atoms with van der Waals surface area (Å²) in [4.78, 5) is 0.325. The van der Waals surface area contributed by atoms with Crippen LogP contribution in [0.4, 0.5) is 0 Å². The average molecular weight is 335 g/mol. The minimum atomic E-state index is -3.44. The number of thioether (sulfide) groups is 1. The molecule has 0 saturated carbocycles. The van der Waals surface area contributed by atoms with E-state index in [-0.39, 0.29) is 6.04 Å². The fourth-order valence-electron chi connectivity index (χ4n) is 2.24. The number of hydrogen-bond donors (Lipinski definition) is 1. The highest BCUT2D eigenvalue weighted by Crippen LogP contribution is 2.27. The van der Waals surface area contributed by atoms with Gasteiger partial charge >= 0.3 is 0 Å². The first kappa shape index (κ1) is 16.1. The van der Waals surface area contributed by atoms with E-state index in [1.165, 1.54) is 0 Å². The normalized spacial score (nSPS) is 21.1. The van der Waals surface area contributed by atoms with E-state index >= 15 is 0 Å². The molecule has 1 aliphatic rings. The molecule has 7 heteroatoms. The third kappa shape index (κ3) is 3.31. The molecule has 0 amide bonds. The van der Waals surface area contributed by atoms with Gasteiger partial charge in [0.05, 0.1) is 4.90 Å². The smallest absolute Gasteiger partial charge is 0.243 e. The summed E-state index contributed by atoms with van der Waals surface area (Å²) >= 11 is 7.88. The molecule has 1 aromatic carbocycles. The minimum absolute atomic E-state index is 0.0298. The van der Waals surface area contributed by atoms with Gasteiger partial charge in [-0.2, -0.15) is 16.1 Å². The molecule has 1 unspecified atom stereocenters. The van der Waals surface area contributed by atoms with Gasteiger partial charge in [-0.1, -0.05) is 11.6 Å². The molecule has 0 radical (unpaired) electrons. The molecule has 0 bridgehead atoms. The Morgan fingerprint density at radius 2 is 2.25 bits per heavy atom. The first-order valence-corrected chi connectivity index (χ1v) is 9.46. The van der Waals surface area contributed by atoms with Gasteiger partial charge in [0.15, 0.2) is 0 Å². The Morgan fingerprint density at radius 1 is 1.50 bits per heavy atom. The molecule has 1 N–H and O–H groups in total. The zero-order chi connectivity index (χ0) is 14.8. The predicted molar refractivity (Wildman–Crippen MR) is 84.9 cm³/mol. The molecule has 1 fully saturated rings. The third-order valence-corrected chi connectivity index (χ3v) is 6.87. The lowest BCUT2D eigenvalue weighted by molar-refractivity contribution is 0.367. The van der Waals surface area contributed by atoms with Crippen molar-refractivity contribution in [1.82, 2.24) is 9.62 Å². The Hall–Kier alpha value is -0.270. The first-order chi connectivity index (χ1) is 9.46. The molecule has 112 valence electrons. The third-order valence-electron chi connectivity index (χ3n) is 3.30. The van der Waals surface area contributed by atoms with Gasteiger partial charge in [0.25, 0.3) is 0 Å². The molecule has 0 aromatic heterocycles. The monoisotopic (exact) mass is 334 g/mol. The first-order valence-electron chi connectivity index (χ1n) is 6.49. The standard InChI is InChI=1S/C13H19ClN2O2S2/c1-10-9-19-6-5-16(10)20(17,18)12-3-4-13(14)11(7-12)8-15-2/h3-4,7,10,15H,5-6,8-9H2,1-2H3. The molecule has 20 heavy (non-hydrogen) atoms. The van der Waals surface area contributed by atoms with Crippen molar-refractivity contribution in [3.05, 3.63) is 28.8 Å². The summed E-state index contributed by atoms with van der Waals surface area (Å²) in [5.74, 6) is 1.69. The molecule has 1 heterocycles. The molecule has 1 atom stereocenters. The fourth-order valence-corrected chi connectivity index (χ4v) is 5.33. The number of hydrogen-bond acceptors (Lipinski definition) is 4. The molecular formula is C13H19ClN2O2S2. The molecule has 1 aromatic rings. The summed E-state index contributed by atoms with van der Waals surface area (Å²) in [5, 5.41) is 3.58. The van der Waals surface area contributed by atoms with Crippen molar-refractivity contribution in [2.24, 2.45) is 0 Å². The van der Waals surface area contributed by atoms with Crippen LogP contribution in [0, 0.1) is 0 Å². The minimum Gasteiger partial charge on any atom is -0.316 e. The van der Waals surface area contributed by atoms with E-state index in [1.807, 2.05) is 6.92 Å². The summed E-state index contributed by atoms with van der Waals surface area (Å²) in [6.45, 7) is 3.07. The Kier molecular flexibility index (Phi) is 5.36. The van der Waals surface area contributed by atoms with Crippen LogP contribution in [0.2, 0.25) is 5.02 Å². The van der Waals surface area contributed by atoms with Crippen molar-refractivity contribution in [3.63, 3.8) is 0 Å². The van der Waals surface area contributed by atoms with Crippen molar-refractivity contribution in [3.8, 4) is 0 Å². The highest BCUT2D eigenvalue weighted by atomic mass is 35.5. The van der Waals surface area contributed by atoms with Gasteiger partial charge in [-0.25, -0.2) is 8.42 Å². The Bertz CT molecular complexity index is 578. The molecule has 1 saturated heterocycles. The maximum atomic E-state index is 12.7. The van der Waals surface area contributed by atoms with E-state index < -0.39 is 10.0 Å². The van der Waals surface area contributed by atoms with Crippen LogP contribution in [-0.4, -0.2) is 43.9 Å². The predicted octanol–water partition coefficient (Wildman–Crippen LogP) is 2.19. The summed E-state index contributed by atoms with van der Waals surface area (Å²) in [6, 6.07) is 4.94. The quantitative estimate of drug-likeness (QED) is 0.917. The summed E-state index contributed by atoms with van der Waals surface area (Å²) in [7, 11) is -1.63. The lowest BCUT2D eigenvalue weighted by atomic mass is 10.2. The second kappa shape index (κ2) is 6.66. The summed E-state index contributed by atoms with van der Waals surface area (Å²) < 4.78 is 27.0. The highest BCUT2D eigenvalue weighted by Gasteiger charge is 2.31. The van der Waals surface area contributed by atoms with Crippen LogP contribution < -0.4 is 5.32 Å². The number of halogens is 1. The van der Waals surface area contributed by atoms with Crippen LogP contribution in [0.25, 0.3) is 0 Å². The van der Waals surface area contributed by atoms with Crippen molar-refractivity contribution in [2.75, 3.05) is 25.1 Å². The van der Waals surface area contributed by atoms with Crippen molar-refractivity contribution < 1.29 is 8.42 Å². The Balaban J connectivity index is 2.36. The number of nitrogens with zero attached hydrogens (tertiary/aromatic N) is 1. The van der Waals surface area contributed by atoms with E-state index in [0.29, 0.717) is 23.0 Å². The van der Waals surface area contributed by atoms with Gasteiger partial charge in [-0.3, -0.25) is 0 Å². The summed E-state index contributed by atoms with van der Waals surface area (Å²) in [6.07, 6.45) is 0. The zero-order valence-electron chi connectivity index (χ0n) is 11.6. The van der Waals surface area contributed by atoms with Crippen molar-refractivity contribution >= 4 is 33.4 Å². The van der Waals surface area contributed by atoms with Crippen molar-refractivity contribution in [2.45, 2.75) is 24.4 Å². The lowest BCUT2D eigenvalue weighted by Gasteiger charge is -2.32. The molecule has 1 aliphatic heterocycles.